The van der Waals surface area contributed by atoms with Gasteiger partial charge in [0.05, 0.1) is 0 Å². The smallest absolute Gasteiger partial charge is 0.164 e. The monoisotopic (exact) mass is 489 g/mol. The highest BCUT2D eigenvalue weighted by molar-refractivity contribution is 5.77. The van der Waals surface area contributed by atoms with Gasteiger partial charge in [-0.25, -0.2) is 15.0 Å². The van der Waals surface area contributed by atoms with Gasteiger partial charge in [-0.15, -0.1) is 0 Å². The minimum atomic E-state index is 0.661. The predicted molar refractivity (Wildman–Crippen MR) is 156 cm³/mol. The van der Waals surface area contributed by atoms with Crippen LogP contribution in [-0.4, -0.2) is 15.0 Å². The Labute approximate surface area is 223 Å². The summed E-state index contributed by atoms with van der Waals surface area (Å²) in [6.07, 6.45) is 0. The minimum absolute atomic E-state index is 0.661. The molecule has 3 heteroatoms. The van der Waals surface area contributed by atoms with Gasteiger partial charge in [0.2, 0.25) is 0 Å². The van der Waals surface area contributed by atoms with Crippen molar-refractivity contribution in [1.29, 1.82) is 0 Å². The van der Waals surface area contributed by atoms with Gasteiger partial charge in [-0.1, -0.05) is 127 Å². The van der Waals surface area contributed by atoms with E-state index in [1.807, 2.05) is 60.7 Å². The molecule has 0 saturated carbocycles. The molecule has 0 fully saturated rings. The molecule has 0 aliphatic carbocycles. The molecule has 0 N–H and O–H groups in total. The third-order valence-corrected chi connectivity index (χ3v) is 6.78. The van der Waals surface area contributed by atoms with E-state index in [2.05, 4.69) is 80.6 Å². The van der Waals surface area contributed by atoms with Crippen molar-refractivity contribution in [2.75, 3.05) is 0 Å². The molecular formula is C35H27N3. The largest absolute Gasteiger partial charge is 0.208 e. The Kier molecular flexibility index (Phi) is 6.33. The van der Waals surface area contributed by atoms with Gasteiger partial charge >= 0.3 is 0 Å². The summed E-state index contributed by atoms with van der Waals surface area (Å²) in [4.78, 5) is 14.5. The Bertz CT molecular complexity index is 1630. The zero-order valence-corrected chi connectivity index (χ0v) is 21.5. The molecule has 182 valence electrons. The van der Waals surface area contributed by atoms with E-state index in [9.17, 15) is 0 Å². The highest BCUT2D eigenvalue weighted by Gasteiger charge is 2.13. The van der Waals surface area contributed by atoms with Crippen molar-refractivity contribution in [2.45, 2.75) is 13.8 Å². The topological polar surface area (TPSA) is 38.7 Å². The fraction of sp³-hybridized carbons (Fsp3) is 0.0571. The third-order valence-electron chi connectivity index (χ3n) is 6.78. The van der Waals surface area contributed by atoms with Crippen molar-refractivity contribution in [2.24, 2.45) is 0 Å². The lowest BCUT2D eigenvalue weighted by atomic mass is 9.94. The molecule has 0 radical (unpaired) electrons. The zero-order chi connectivity index (χ0) is 25.9. The normalized spacial score (nSPS) is 10.9. The van der Waals surface area contributed by atoms with Gasteiger partial charge in [-0.2, -0.15) is 0 Å². The Balaban J connectivity index is 1.39. The lowest BCUT2D eigenvalue weighted by Gasteiger charge is -2.11. The van der Waals surface area contributed by atoms with Crippen LogP contribution in [0.4, 0.5) is 0 Å². The summed E-state index contributed by atoms with van der Waals surface area (Å²) >= 11 is 0. The van der Waals surface area contributed by atoms with Crippen LogP contribution in [0.5, 0.6) is 0 Å². The van der Waals surface area contributed by atoms with Crippen molar-refractivity contribution in [3.05, 3.63) is 139 Å². The highest BCUT2D eigenvalue weighted by atomic mass is 15.0. The van der Waals surface area contributed by atoms with Crippen molar-refractivity contribution in [3.8, 4) is 56.4 Å². The lowest BCUT2D eigenvalue weighted by molar-refractivity contribution is 1.07. The van der Waals surface area contributed by atoms with Crippen LogP contribution < -0.4 is 0 Å². The van der Waals surface area contributed by atoms with Crippen molar-refractivity contribution >= 4 is 0 Å². The summed E-state index contributed by atoms with van der Waals surface area (Å²) in [5.41, 5.74) is 10.2. The SMILES string of the molecule is Cc1ccc(-c2ccc(C)c(-c3ccc(-c4nc(-c5ccccc5)nc(-c5ccccc5)n4)cc3)c2)cc1. The predicted octanol–water partition coefficient (Wildman–Crippen LogP) is 8.82. The molecule has 0 bridgehead atoms. The summed E-state index contributed by atoms with van der Waals surface area (Å²) < 4.78 is 0. The molecule has 5 aromatic carbocycles. The molecule has 0 atom stereocenters. The van der Waals surface area contributed by atoms with Crippen molar-refractivity contribution in [1.82, 2.24) is 15.0 Å². The van der Waals surface area contributed by atoms with Gasteiger partial charge in [-0.3, -0.25) is 0 Å². The molecule has 0 aliphatic heterocycles. The first-order valence-corrected chi connectivity index (χ1v) is 12.8. The molecule has 0 unspecified atom stereocenters. The summed E-state index contributed by atoms with van der Waals surface area (Å²) in [6, 6.07) is 44.0. The van der Waals surface area contributed by atoms with E-state index in [-0.39, 0.29) is 0 Å². The van der Waals surface area contributed by atoms with E-state index < -0.39 is 0 Å². The maximum absolute atomic E-state index is 4.86. The fourth-order valence-corrected chi connectivity index (χ4v) is 4.60. The number of aromatic nitrogens is 3. The van der Waals surface area contributed by atoms with Crippen LogP contribution in [0.3, 0.4) is 0 Å². The Morgan fingerprint density at radius 1 is 0.368 bits per heavy atom. The number of nitrogens with zero attached hydrogens (tertiary/aromatic N) is 3. The van der Waals surface area contributed by atoms with Crippen LogP contribution in [0.15, 0.2) is 127 Å². The average Bonchev–Trinajstić information content (AvgIpc) is 2.99. The number of benzene rings is 5. The van der Waals surface area contributed by atoms with E-state index in [0.717, 1.165) is 16.7 Å². The highest BCUT2D eigenvalue weighted by Crippen LogP contribution is 2.31. The second kappa shape index (κ2) is 10.2. The van der Waals surface area contributed by atoms with Crippen LogP contribution in [0.25, 0.3) is 56.4 Å². The van der Waals surface area contributed by atoms with Gasteiger partial charge in [0.1, 0.15) is 0 Å². The summed E-state index contributed by atoms with van der Waals surface area (Å²) in [5, 5.41) is 0. The second-order valence-electron chi connectivity index (χ2n) is 9.51. The summed E-state index contributed by atoms with van der Waals surface area (Å²) in [6.45, 7) is 4.27. The number of hydrogen-bond donors (Lipinski definition) is 0. The number of aryl methyl sites for hydroxylation is 2. The fourth-order valence-electron chi connectivity index (χ4n) is 4.60. The van der Waals surface area contributed by atoms with E-state index in [1.54, 1.807) is 0 Å². The Morgan fingerprint density at radius 3 is 1.32 bits per heavy atom. The van der Waals surface area contributed by atoms with Gasteiger partial charge in [0.25, 0.3) is 0 Å². The first-order chi connectivity index (χ1) is 18.6. The molecular weight excluding hydrogens is 462 g/mol. The van der Waals surface area contributed by atoms with Crippen LogP contribution in [0.2, 0.25) is 0 Å². The van der Waals surface area contributed by atoms with Gasteiger partial charge in [-0.05, 0) is 47.7 Å². The molecule has 38 heavy (non-hydrogen) atoms. The first kappa shape index (κ1) is 23.5. The van der Waals surface area contributed by atoms with E-state index >= 15 is 0 Å². The minimum Gasteiger partial charge on any atom is -0.208 e. The molecule has 0 saturated heterocycles. The first-order valence-electron chi connectivity index (χ1n) is 12.8. The molecule has 0 amide bonds. The van der Waals surface area contributed by atoms with Crippen molar-refractivity contribution < 1.29 is 0 Å². The quantitative estimate of drug-likeness (QED) is 0.243. The molecule has 1 heterocycles. The molecule has 1 aromatic heterocycles. The molecule has 0 aliphatic rings. The van der Waals surface area contributed by atoms with Crippen LogP contribution in [-0.2, 0) is 0 Å². The second-order valence-corrected chi connectivity index (χ2v) is 9.51. The summed E-state index contributed by atoms with van der Waals surface area (Å²) in [5.74, 6) is 2.00. The third kappa shape index (κ3) is 4.87. The van der Waals surface area contributed by atoms with E-state index in [4.69, 9.17) is 15.0 Å². The van der Waals surface area contributed by atoms with Gasteiger partial charge in [0.15, 0.2) is 17.5 Å². The average molecular weight is 490 g/mol. The van der Waals surface area contributed by atoms with E-state index in [1.165, 1.54) is 33.4 Å². The number of hydrogen-bond acceptors (Lipinski definition) is 3. The molecule has 3 nitrogen and oxygen atoms in total. The maximum atomic E-state index is 4.86. The molecule has 6 rings (SSSR count). The van der Waals surface area contributed by atoms with Crippen LogP contribution in [0.1, 0.15) is 11.1 Å². The Morgan fingerprint density at radius 2 is 0.789 bits per heavy atom. The van der Waals surface area contributed by atoms with Gasteiger partial charge in [0, 0.05) is 16.7 Å². The number of rotatable bonds is 5. The van der Waals surface area contributed by atoms with Crippen LogP contribution >= 0.6 is 0 Å². The zero-order valence-electron chi connectivity index (χ0n) is 21.5. The van der Waals surface area contributed by atoms with E-state index in [0.29, 0.717) is 17.5 Å². The standard InChI is InChI=1S/C35H27N3/c1-24-13-16-26(17-14-24)31-18-15-25(2)32(23-31)27-19-21-30(22-20-27)35-37-33(28-9-5-3-6-10-28)36-34(38-35)29-11-7-4-8-12-29/h3-23H,1-2H3. The van der Waals surface area contributed by atoms with Crippen molar-refractivity contribution in [3.63, 3.8) is 0 Å². The Hall–Kier alpha value is -4.89. The molecule has 0 spiro atoms. The molecule has 6 aromatic rings. The lowest BCUT2D eigenvalue weighted by Crippen LogP contribution is -2.00. The maximum Gasteiger partial charge on any atom is 0.164 e. The van der Waals surface area contributed by atoms with Gasteiger partial charge < -0.3 is 0 Å². The van der Waals surface area contributed by atoms with Crippen LogP contribution in [0, 0.1) is 13.8 Å². The summed E-state index contributed by atoms with van der Waals surface area (Å²) in [7, 11) is 0.